The van der Waals surface area contributed by atoms with E-state index in [1.165, 1.54) is 0 Å². The molecule has 88 valence electrons. The summed E-state index contributed by atoms with van der Waals surface area (Å²) in [4.78, 5) is 8.40. The molecule has 0 atom stereocenters. The molecule has 2 N–H and O–H groups in total. The van der Waals surface area contributed by atoms with Crippen molar-refractivity contribution in [2.75, 3.05) is 6.54 Å². The fourth-order valence-corrected chi connectivity index (χ4v) is 1.20. The molecule has 0 radical (unpaired) electrons. The second kappa shape index (κ2) is 6.37. The average molecular weight is 238 g/mol. The summed E-state index contributed by atoms with van der Waals surface area (Å²) in [6.07, 6.45) is 3.51. The molecule has 0 amide bonds. The van der Waals surface area contributed by atoms with Crippen molar-refractivity contribution in [3.8, 4) is 0 Å². The predicted octanol–water partition coefficient (Wildman–Crippen LogP) is 1.41. The molecule has 0 aromatic carbocycles. The van der Waals surface area contributed by atoms with Gasteiger partial charge < -0.3 is 10.6 Å². The molecule has 0 unspecified atom stereocenters. The van der Waals surface area contributed by atoms with Crippen LogP contribution in [0.3, 0.4) is 0 Å². The second-order valence-corrected chi connectivity index (χ2v) is 4.51. The van der Waals surface area contributed by atoms with Crippen LogP contribution in [0.25, 0.3) is 0 Å². The number of hydrogen-bond donors (Lipinski definition) is 2. The minimum Gasteiger partial charge on any atom is -0.362 e. The Labute approximate surface area is 102 Å². The molecule has 0 saturated heterocycles. The number of aromatic nitrogens is 2. The fraction of sp³-hybridized carbons (Fsp3) is 0.545. The Morgan fingerprint density at radius 1 is 1.31 bits per heavy atom. The summed E-state index contributed by atoms with van der Waals surface area (Å²) in [7, 11) is 0. The van der Waals surface area contributed by atoms with E-state index in [1.807, 2.05) is 6.92 Å². The predicted molar refractivity (Wildman–Crippen MR) is 69.0 cm³/mol. The number of rotatable bonds is 4. The second-order valence-electron chi connectivity index (χ2n) is 4.11. The van der Waals surface area contributed by atoms with E-state index in [1.54, 1.807) is 12.4 Å². The molecule has 0 bridgehead atoms. The molecule has 0 aliphatic carbocycles. The lowest BCUT2D eigenvalue weighted by atomic mass is 10.2. The van der Waals surface area contributed by atoms with Gasteiger partial charge in [-0.3, -0.25) is 9.97 Å². The van der Waals surface area contributed by atoms with E-state index >= 15 is 0 Å². The van der Waals surface area contributed by atoms with E-state index in [4.69, 9.17) is 12.2 Å². The molecule has 5 heteroatoms. The van der Waals surface area contributed by atoms with Crippen LogP contribution >= 0.6 is 12.2 Å². The van der Waals surface area contributed by atoms with Gasteiger partial charge in [0.1, 0.15) is 0 Å². The maximum Gasteiger partial charge on any atom is 0.166 e. The maximum atomic E-state index is 5.13. The van der Waals surface area contributed by atoms with Gasteiger partial charge in [0.05, 0.1) is 24.1 Å². The normalized spacial score (nSPS) is 10.2. The highest BCUT2D eigenvalue weighted by Gasteiger charge is 1.99. The largest absolute Gasteiger partial charge is 0.362 e. The first kappa shape index (κ1) is 12.8. The first-order chi connectivity index (χ1) is 7.58. The van der Waals surface area contributed by atoms with Gasteiger partial charge in [-0.15, -0.1) is 0 Å². The molecule has 0 fully saturated rings. The molecular formula is C11H18N4S. The lowest BCUT2D eigenvalue weighted by Gasteiger charge is -2.11. The Hall–Kier alpha value is -1.23. The van der Waals surface area contributed by atoms with Gasteiger partial charge in [0.25, 0.3) is 0 Å². The van der Waals surface area contributed by atoms with Crippen LogP contribution in [0.5, 0.6) is 0 Å². The van der Waals surface area contributed by atoms with Crippen LogP contribution in [0.1, 0.15) is 25.2 Å². The van der Waals surface area contributed by atoms with Crippen LogP contribution in [0, 0.1) is 12.8 Å². The molecule has 0 aliphatic rings. The van der Waals surface area contributed by atoms with E-state index in [0.717, 1.165) is 17.9 Å². The van der Waals surface area contributed by atoms with Gasteiger partial charge in [-0.05, 0) is 25.1 Å². The quantitative estimate of drug-likeness (QED) is 0.777. The van der Waals surface area contributed by atoms with Crippen molar-refractivity contribution in [1.29, 1.82) is 0 Å². The Bertz CT molecular complexity index is 334. The van der Waals surface area contributed by atoms with E-state index in [2.05, 4.69) is 34.4 Å². The molecule has 0 saturated carbocycles. The Morgan fingerprint density at radius 3 is 2.62 bits per heavy atom. The summed E-state index contributed by atoms with van der Waals surface area (Å²) in [5, 5.41) is 6.89. The van der Waals surface area contributed by atoms with Crippen LogP contribution in [0.2, 0.25) is 0 Å². The molecule has 0 spiro atoms. The molecule has 1 heterocycles. The van der Waals surface area contributed by atoms with Crippen LogP contribution < -0.4 is 10.6 Å². The van der Waals surface area contributed by atoms with Crippen molar-refractivity contribution in [1.82, 2.24) is 20.6 Å². The van der Waals surface area contributed by atoms with Crippen LogP contribution in [0.4, 0.5) is 0 Å². The van der Waals surface area contributed by atoms with Crippen molar-refractivity contribution in [3.63, 3.8) is 0 Å². The average Bonchev–Trinajstić information content (AvgIpc) is 2.25. The summed E-state index contributed by atoms with van der Waals surface area (Å²) in [6.45, 7) is 7.68. The maximum absolute atomic E-state index is 5.13. The van der Waals surface area contributed by atoms with Crippen molar-refractivity contribution < 1.29 is 0 Å². The molecule has 16 heavy (non-hydrogen) atoms. The zero-order valence-electron chi connectivity index (χ0n) is 9.95. The van der Waals surface area contributed by atoms with Crippen LogP contribution in [0.15, 0.2) is 12.4 Å². The molecule has 1 aromatic heterocycles. The van der Waals surface area contributed by atoms with Crippen LogP contribution in [-0.4, -0.2) is 21.6 Å². The lowest BCUT2D eigenvalue weighted by Crippen LogP contribution is -2.36. The number of nitrogens with one attached hydrogen (secondary N) is 2. The van der Waals surface area contributed by atoms with E-state index in [9.17, 15) is 0 Å². The number of aryl methyl sites for hydroxylation is 1. The van der Waals surface area contributed by atoms with Gasteiger partial charge in [0.15, 0.2) is 5.11 Å². The Kier molecular flexibility index (Phi) is 5.11. The molecular weight excluding hydrogens is 220 g/mol. The summed E-state index contributed by atoms with van der Waals surface area (Å²) < 4.78 is 0. The third kappa shape index (κ3) is 5.02. The number of hydrogen-bond acceptors (Lipinski definition) is 3. The van der Waals surface area contributed by atoms with Crippen molar-refractivity contribution in [3.05, 3.63) is 23.8 Å². The minimum absolute atomic E-state index is 0.582. The molecule has 1 rings (SSSR count). The van der Waals surface area contributed by atoms with Gasteiger partial charge in [0, 0.05) is 12.7 Å². The van der Waals surface area contributed by atoms with E-state index in [-0.39, 0.29) is 0 Å². The third-order valence-corrected chi connectivity index (χ3v) is 2.22. The first-order valence-corrected chi connectivity index (χ1v) is 5.78. The highest BCUT2D eigenvalue weighted by molar-refractivity contribution is 7.80. The summed E-state index contributed by atoms with van der Waals surface area (Å²) in [6, 6.07) is 0. The van der Waals surface area contributed by atoms with Gasteiger partial charge >= 0.3 is 0 Å². The first-order valence-electron chi connectivity index (χ1n) is 5.37. The van der Waals surface area contributed by atoms with Gasteiger partial charge in [0.2, 0.25) is 0 Å². The molecule has 1 aromatic rings. The SMILES string of the molecule is Cc1cnc(CNC(=S)NCC(C)C)cn1. The molecule has 4 nitrogen and oxygen atoms in total. The third-order valence-electron chi connectivity index (χ3n) is 1.94. The summed E-state index contributed by atoms with van der Waals surface area (Å²) >= 11 is 5.13. The topological polar surface area (TPSA) is 49.8 Å². The monoisotopic (exact) mass is 238 g/mol. The van der Waals surface area contributed by atoms with Crippen molar-refractivity contribution in [2.24, 2.45) is 5.92 Å². The zero-order chi connectivity index (χ0) is 12.0. The fourth-order valence-electron chi connectivity index (χ4n) is 1.04. The van der Waals surface area contributed by atoms with Gasteiger partial charge in [-0.25, -0.2) is 0 Å². The Morgan fingerprint density at radius 2 is 2.06 bits per heavy atom. The number of nitrogens with zero attached hydrogens (tertiary/aromatic N) is 2. The minimum atomic E-state index is 0.582. The zero-order valence-corrected chi connectivity index (χ0v) is 10.8. The lowest BCUT2D eigenvalue weighted by molar-refractivity contribution is 0.619. The standard InChI is InChI=1S/C11H18N4S/c1-8(2)4-14-11(16)15-7-10-6-12-9(3)5-13-10/h5-6,8H,4,7H2,1-3H3,(H2,14,15,16). The smallest absolute Gasteiger partial charge is 0.166 e. The Balaban J connectivity index is 2.29. The highest BCUT2D eigenvalue weighted by atomic mass is 32.1. The highest BCUT2D eigenvalue weighted by Crippen LogP contribution is 1.93. The van der Waals surface area contributed by atoms with Crippen molar-refractivity contribution >= 4 is 17.3 Å². The molecule has 0 aliphatic heterocycles. The summed E-state index contributed by atoms with van der Waals surface area (Å²) in [5.74, 6) is 0.582. The van der Waals surface area contributed by atoms with E-state index < -0.39 is 0 Å². The van der Waals surface area contributed by atoms with Crippen LogP contribution in [-0.2, 0) is 6.54 Å². The number of thiocarbonyl (C=S) groups is 1. The van der Waals surface area contributed by atoms with Gasteiger partial charge in [-0.2, -0.15) is 0 Å². The van der Waals surface area contributed by atoms with E-state index in [0.29, 0.717) is 17.6 Å². The summed E-state index contributed by atoms with van der Waals surface area (Å²) in [5.41, 5.74) is 1.81. The van der Waals surface area contributed by atoms with Gasteiger partial charge in [-0.1, -0.05) is 13.8 Å². The van der Waals surface area contributed by atoms with Crippen molar-refractivity contribution in [2.45, 2.75) is 27.3 Å².